The fraction of sp³-hybridized carbons (Fsp3) is 0.333. The fourth-order valence-electron chi connectivity index (χ4n) is 2.03. The Morgan fingerprint density at radius 1 is 0.833 bits per heavy atom. The Bertz CT molecular complexity index is 443. The minimum absolute atomic E-state index is 0.622. The molecule has 2 aromatic carbocycles. The second-order valence-electron chi connectivity index (χ2n) is 4.26. The fourth-order valence-corrected chi connectivity index (χ4v) is 2.03. The second-order valence-corrected chi connectivity index (χ2v) is 4.26. The van der Waals surface area contributed by atoms with Gasteiger partial charge in [0.25, 0.3) is 0 Å². The first-order valence-electron chi connectivity index (χ1n) is 6.97. The molecule has 0 bridgehead atoms. The summed E-state index contributed by atoms with van der Waals surface area (Å²) in [5, 5.41) is 0. The van der Waals surface area contributed by atoms with E-state index in [9.17, 15) is 0 Å². The third kappa shape index (κ3) is 3.46. The van der Waals surface area contributed by atoms with Gasteiger partial charge in [0.1, 0.15) is 0 Å². The van der Waals surface area contributed by atoms with Crippen LogP contribution in [0.25, 0.3) is 11.1 Å². The first kappa shape index (κ1) is 14.5. The van der Waals surface area contributed by atoms with Crippen LogP contribution in [0.15, 0.2) is 54.6 Å². The molecule has 0 aromatic heterocycles. The zero-order chi connectivity index (χ0) is 13.4. The molecule has 0 heteroatoms. The predicted molar refractivity (Wildman–Crippen MR) is 81.9 cm³/mol. The van der Waals surface area contributed by atoms with Crippen molar-refractivity contribution >= 4 is 0 Å². The van der Waals surface area contributed by atoms with Crippen LogP contribution in [0.4, 0.5) is 0 Å². The van der Waals surface area contributed by atoms with E-state index in [1.54, 1.807) is 0 Å². The Hall–Kier alpha value is -1.56. The minimum Gasteiger partial charge on any atom is -0.0683 e. The molecule has 0 nitrogen and oxygen atoms in total. The van der Waals surface area contributed by atoms with Crippen molar-refractivity contribution < 1.29 is 0 Å². The van der Waals surface area contributed by atoms with Crippen LogP contribution in [0.1, 0.15) is 45.6 Å². The number of benzene rings is 2. The van der Waals surface area contributed by atoms with Crippen LogP contribution in [0, 0.1) is 0 Å². The highest BCUT2D eigenvalue weighted by molar-refractivity contribution is 5.67. The van der Waals surface area contributed by atoms with E-state index in [4.69, 9.17) is 0 Å². The number of rotatable bonds is 3. The number of hydrogen-bond donors (Lipinski definition) is 0. The largest absolute Gasteiger partial charge is 0.0683 e. The summed E-state index contributed by atoms with van der Waals surface area (Å²) < 4.78 is 0. The maximum absolute atomic E-state index is 2.29. The molecular formula is C18H24. The lowest BCUT2D eigenvalue weighted by atomic mass is 9.90. The quantitative estimate of drug-likeness (QED) is 0.627. The molecule has 0 amide bonds. The van der Waals surface area contributed by atoms with Gasteiger partial charge in [-0.15, -0.1) is 0 Å². The molecule has 0 spiro atoms. The van der Waals surface area contributed by atoms with E-state index in [0.29, 0.717) is 5.92 Å². The van der Waals surface area contributed by atoms with Gasteiger partial charge in [0.05, 0.1) is 0 Å². The normalized spacial score (nSPS) is 11.3. The smallest absolute Gasteiger partial charge is 0.0149 e. The van der Waals surface area contributed by atoms with E-state index < -0.39 is 0 Å². The lowest BCUT2D eigenvalue weighted by Gasteiger charge is -2.14. The lowest BCUT2D eigenvalue weighted by molar-refractivity contribution is 0.735. The van der Waals surface area contributed by atoms with Crippen molar-refractivity contribution in [1.29, 1.82) is 0 Å². The molecule has 0 saturated heterocycles. The average Bonchev–Trinajstić information content (AvgIpc) is 2.49. The molecule has 0 N–H and O–H groups in total. The zero-order valence-corrected chi connectivity index (χ0v) is 12.0. The summed E-state index contributed by atoms with van der Waals surface area (Å²) in [6.45, 7) is 8.54. The van der Waals surface area contributed by atoms with Crippen LogP contribution < -0.4 is 0 Å². The molecule has 2 aromatic rings. The highest BCUT2D eigenvalue weighted by Gasteiger charge is 2.09. The molecule has 0 saturated carbocycles. The first-order chi connectivity index (χ1) is 8.83. The van der Waals surface area contributed by atoms with Crippen LogP contribution in [0.5, 0.6) is 0 Å². The van der Waals surface area contributed by atoms with Crippen LogP contribution in [-0.2, 0) is 0 Å². The van der Waals surface area contributed by atoms with Crippen molar-refractivity contribution in [2.45, 2.75) is 40.0 Å². The highest BCUT2D eigenvalue weighted by Crippen LogP contribution is 2.30. The predicted octanol–water partition coefficient (Wildman–Crippen LogP) is 5.89. The highest BCUT2D eigenvalue weighted by atomic mass is 14.1. The Balaban J connectivity index is 0.000000771. The summed E-state index contributed by atoms with van der Waals surface area (Å²) in [6, 6.07) is 19.3. The van der Waals surface area contributed by atoms with E-state index in [-0.39, 0.29) is 0 Å². The van der Waals surface area contributed by atoms with Gasteiger partial charge in [-0.05, 0) is 29.0 Å². The van der Waals surface area contributed by atoms with Gasteiger partial charge in [-0.3, -0.25) is 0 Å². The molecule has 0 aliphatic heterocycles. The van der Waals surface area contributed by atoms with E-state index in [1.165, 1.54) is 23.1 Å². The molecule has 0 radical (unpaired) electrons. The summed E-state index contributed by atoms with van der Waals surface area (Å²) in [7, 11) is 0. The Labute approximate surface area is 112 Å². The molecule has 2 rings (SSSR count). The lowest BCUT2D eigenvalue weighted by Crippen LogP contribution is -1.94. The molecule has 96 valence electrons. The van der Waals surface area contributed by atoms with Gasteiger partial charge in [-0.2, -0.15) is 0 Å². The van der Waals surface area contributed by atoms with Gasteiger partial charge in [0.2, 0.25) is 0 Å². The van der Waals surface area contributed by atoms with Crippen molar-refractivity contribution in [1.82, 2.24) is 0 Å². The molecule has 1 atom stereocenters. The van der Waals surface area contributed by atoms with Gasteiger partial charge in [0, 0.05) is 0 Å². The third-order valence-corrected chi connectivity index (χ3v) is 3.19. The topological polar surface area (TPSA) is 0 Å². The molecule has 0 aliphatic carbocycles. The molecule has 0 heterocycles. The summed E-state index contributed by atoms with van der Waals surface area (Å²) in [6.07, 6.45) is 1.18. The third-order valence-electron chi connectivity index (χ3n) is 3.19. The van der Waals surface area contributed by atoms with Gasteiger partial charge in [-0.25, -0.2) is 0 Å². The monoisotopic (exact) mass is 240 g/mol. The second kappa shape index (κ2) is 7.71. The van der Waals surface area contributed by atoms with Crippen molar-refractivity contribution in [3.8, 4) is 11.1 Å². The Morgan fingerprint density at radius 2 is 1.39 bits per heavy atom. The minimum atomic E-state index is 0.622. The van der Waals surface area contributed by atoms with Gasteiger partial charge in [-0.1, -0.05) is 82.3 Å². The summed E-state index contributed by atoms with van der Waals surface area (Å²) in [5.41, 5.74) is 4.15. The standard InChI is InChI=1S/C16H18.C2H6/c1-3-13(2)15-11-7-8-12-16(15)14-9-5-4-6-10-14;1-2/h4-13H,3H2,1-2H3;1-2H3. The molecule has 0 aliphatic rings. The molecule has 1 unspecified atom stereocenters. The molecule has 0 fully saturated rings. The van der Waals surface area contributed by atoms with Crippen LogP contribution in [0.3, 0.4) is 0 Å². The maximum Gasteiger partial charge on any atom is -0.0149 e. The van der Waals surface area contributed by atoms with E-state index >= 15 is 0 Å². The average molecular weight is 240 g/mol. The number of hydrogen-bond acceptors (Lipinski definition) is 0. The van der Waals surface area contributed by atoms with E-state index in [1.807, 2.05) is 13.8 Å². The van der Waals surface area contributed by atoms with Crippen LogP contribution in [0.2, 0.25) is 0 Å². The SMILES string of the molecule is CC.CCC(C)c1ccccc1-c1ccccc1. The van der Waals surface area contributed by atoms with Crippen molar-refractivity contribution in [3.63, 3.8) is 0 Å². The van der Waals surface area contributed by atoms with Crippen molar-refractivity contribution in [2.24, 2.45) is 0 Å². The van der Waals surface area contributed by atoms with Crippen molar-refractivity contribution in [2.75, 3.05) is 0 Å². The zero-order valence-electron chi connectivity index (χ0n) is 12.0. The van der Waals surface area contributed by atoms with Gasteiger partial charge >= 0.3 is 0 Å². The first-order valence-corrected chi connectivity index (χ1v) is 6.97. The van der Waals surface area contributed by atoms with E-state index in [2.05, 4.69) is 68.4 Å². The summed E-state index contributed by atoms with van der Waals surface area (Å²) in [4.78, 5) is 0. The molecular weight excluding hydrogens is 216 g/mol. The Kier molecular flexibility index (Phi) is 6.21. The van der Waals surface area contributed by atoms with Crippen LogP contribution in [-0.4, -0.2) is 0 Å². The summed E-state index contributed by atoms with van der Waals surface area (Å²) >= 11 is 0. The maximum atomic E-state index is 2.29. The molecule has 18 heavy (non-hydrogen) atoms. The van der Waals surface area contributed by atoms with E-state index in [0.717, 1.165) is 0 Å². The van der Waals surface area contributed by atoms with Gasteiger partial charge < -0.3 is 0 Å². The van der Waals surface area contributed by atoms with Crippen LogP contribution >= 0.6 is 0 Å². The Morgan fingerprint density at radius 3 is 2.00 bits per heavy atom. The summed E-state index contributed by atoms with van der Waals surface area (Å²) in [5.74, 6) is 0.622. The van der Waals surface area contributed by atoms with Crippen molar-refractivity contribution in [3.05, 3.63) is 60.2 Å². The van der Waals surface area contributed by atoms with Gasteiger partial charge in [0.15, 0.2) is 0 Å².